The van der Waals surface area contributed by atoms with Gasteiger partial charge in [0.1, 0.15) is 17.3 Å². The fourth-order valence-corrected chi connectivity index (χ4v) is 2.51. The number of para-hydroxylation sites is 1. The molecule has 2 aromatic carbocycles. The topological polar surface area (TPSA) is 55.6 Å². The molecule has 3 rings (SSSR count). The van der Waals surface area contributed by atoms with Gasteiger partial charge in [0.15, 0.2) is 12.1 Å². The fraction of sp³-hybridized carbons (Fsp3) is 0.200. The summed E-state index contributed by atoms with van der Waals surface area (Å²) in [5.41, 5.74) is 1.40. The molecule has 1 aromatic heterocycles. The highest BCUT2D eigenvalue weighted by Crippen LogP contribution is 2.21. The van der Waals surface area contributed by atoms with Crippen molar-refractivity contribution in [3.8, 4) is 11.5 Å². The van der Waals surface area contributed by atoms with Crippen LogP contribution in [0.5, 0.6) is 11.5 Å². The van der Waals surface area contributed by atoms with Gasteiger partial charge in [-0.1, -0.05) is 37.3 Å². The highest BCUT2D eigenvalue weighted by molar-refractivity contribution is 5.93. The molecule has 0 saturated heterocycles. The van der Waals surface area contributed by atoms with Crippen LogP contribution in [0.25, 0.3) is 0 Å². The Bertz CT molecular complexity index is 826. The number of carbonyl (C=O) groups excluding carboxylic acids is 1. The van der Waals surface area contributed by atoms with Gasteiger partial charge in [-0.05, 0) is 29.8 Å². The van der Waals surface area contributed by atoms with Crippen molar-refractivity contribution in [2.75, 3.05) is 7.05 Å². The maximum Gasteiger partial charge on any atom is 0.276 e. The number of aromatic nitrogens is 1. The first-order valence-electron chi connectivity index (χ1n) is 8.17. The molecule has 0 aliphatic rings. The van der Waals surface area contributed by atoms with E-state index < -0.39 is 0 Å². The molecule has 0 saturated carbocycles. The second-order valence-electron chi connectivity index (χ2n) is 5.70. The van der Waals surface area contributed by atoms with Crippen molar-refractivity contribution in [1.29, 1.82) is 0 Å². The number of oxazole rings is 1. The number of carbonyl (C=O) groups is 1. The summed E-state index contributed by atoms with van der Waals surface area (Å²) in [6, 6.07) is 17.3. The molecule has 0 unspecified atom stereocenters. The first kappa shape index (κ1) is 16.8. The first-order chi connectivity index (χ1) is 12.2. The highest BCUT2D eigenvalue weighted by Gasteiger charge is 2.19. The lowest BCUT2D eigenvalue weighted by Gasteiger charge is -2.16. The molecule has 0 N–H and O–H groups in total. The normalized spacial score (nSPS) is 10.5. The van der Waals surface area contributed by atoms with E-state index in [0.29, 0.717) is 24.4 Å². The summed E-state index contributed by atoms with van der Waals surface area (Å²) in [4.78, 5) is 18.1. The van der Waals surface area contributed by atoms with Crippen LogP contribution < -0.4 is 4.74 Å². The van der Waals surface area contributed by atoms with Gasteiger partial charge < -0.3 is 14.1 Å². The van der Waals surface area contributed by atoms with Gasteiger partial charge in [-0.2, -0.15) is 0 Å². The summed E-state index contributed by atoms with van der Waals surface area (Å²) >= 11 is 0. The lowest BCUT2D eigenvalue weighted by Crippen LogP contribution is -2.27. The molecule has 1 amide bonds. The number of aryl methyl sites for hydroxylation is 1. The van der Waals surface area contributed by atoms with Gasteiger partial charge in [0, 0.05) is 20.0 Å². The van der Waals surface area contributed by atoms with Crippen molar-refractivity contribution in [2.45, 2.75) is 19.9 Å². The maximum atomic E-state index is 12.5. The standard InChI is InChI=1S/C20H20N2O3/c1-3-18-19(21-14-24-18)20(23)22(2)13-15-9-11-17(12-10-15)25-16-7-5-4-6-8-16/h4-12,14H,3,13H2,1-2H3. The Morgan fingerprint density at radius 3 is 2.44 bits per heavy atom. The van der Waals surface area contributed by atoms with E-state index >= 15 is 0 Å². The van der Waals surface area contributed by atoms with Gasteiger partial charge in [0.05, 0.1) is 0 Å². The summed E-state index contributed by atoms with van der Waals surface area (Å²) in [6.07, 6.45) is 1.95. The molecule has 0 atom stereocenters. The molecule has 3 aromatic rings. The largest absolute Gasteiger partial charge is 0.457 e. The van der Waals surface area contributed by atoms with Crippen molar-refractivity contribution in [2.24, 2.45) is 0 Å². The second kappa shape index (κ2) is 7.66. The summed E-state index contributed by atoms with van der Waals surface area (Å²) in [6.45, 7) is 2.42. The Morgan fingerprint density at radius 2 is 1.76 bits per heavy atom. The predicted octanol–water partition coefficient (Wildman–Crippen LogP) is 4.30. The third kappa shape index (κ3) is 4.07. The Hall–Kier alpha value is -3.08. The lowest BCUT2D eigenvalue weighted by molar-refractivity contribution is 0.0777. The van der Waals surface area contributed by atoms with Crippen LogP contribution in [-0.2, 0) is 13.0 Å². The van der Waals surface area contributed by atoms with Crippen LogP contribution in [0.4, 0.5) is 0 Å². The molecule has 0 radical (unpaired) electrons. The first-order valence-corrected chi connectivity index (χ1v) is 8.17. The van der Waals surface area contributed by atoms with Gasteiger partial charge >= 0.3 is 0 Å². The van der Waals surface area contributed by atoms with E-state index in [0.717, 1.165) is 17.1 Å². The summed E-state index contributed by atoms with van der Waals surface area (Å²) in [7, 11) is 1.75. The number of hydrogen-bond donors (Lipinski definition) is 0. The van der Waals surface area contributed by atoms with Crippen LogP contribution in [0.15, 0.2) is 65.4 Å². The van der Waals surface area contributed by atoms with E-state index in [1.54, 1.807) is 11.9 Å². The van der Waals surface area contributed by atoms with E-state index in [1.807, 2.05) is 61.5 Å². The van der Waals surface area contributed by atoms with Crippen LogP contribution in [-0.4, -0.2) is 22.8 Å². The van der Waals surface area contributed by atoms with E-state index in [2.05, 4.69) is 4.98 Å². The number of nitrogens with zero attached hydrogens (tertiary/aromatic N) is 2. The quantitative estimate of drug-likeness (QED) is 0.673. The molecule has 0 aliphatic carbocycles. The van der Waals surface area contributed by atoms with Crippen molar-refractivity contribution >= 4 is 5.91 Å². The Morgan fingerprint density at radius 1 is 1.08 bits per heavy atom. The van der Waals surface area contributed by atoms with E-state index in [-0.39, 0.29) is 5.91 Å². The molecule has 25 heavy (non-hydrogen) atoms. The predicted molar refractivity (Wildman–Crippen MR) is 94.6 cm³/mol. The average Bonchev–Trinajstić information content (AvgIpc) is 3.12. The molecule has 5 nitrogen and oxygen atoms in total. The number of amides is 1. The molecule has 5 heteroatoms. The third-order valence-electron chi connectivity index (χ3n) is 3.83. The van der Waals surface area contributed by atoms with Crippen molar-refractivity contribution in [3.63, 3.8) is 0 Å². The summed E-state index contributed by atoms with van der Waals surface area (Å²) in [5, 5.41) is 0. The molecule has 128 valence electrons. The minimum atomic E-state index is -0.143. The Kier molecular flexibility index (Phi) is 5.14. The van der Waals surface area contributed by atoms with E-state index in [9.17, 15) is 4.79 Å². The SMILES string of the molecule is CCc1ocnc1C(=O)N(C)Cc1ccc(Oc2ccccc2)cc1. The third-order valence-corrected chi connectivity index (χ3v) is 3.83. The average molecular weight is 336 g/mol. The zero-order chi connectivity index (χ0) is 17.6. The van der Waals surface area contributed by atoms with E-state index in [1.165, 1.54) is 6.39 Å². The lowest BCUT2D eigenvalue weighted by atomic mass is 10.2. The Labute approximate surface area is 146 Å². The molecule has 0 aliphatic heterocycles. The zero-order valence-electron chi connectivity index (χ0n) is 14.3. The molecular weight excluding hydrogens is 316 g/mol. The van der Waals surface area contributed by atoms with Gasteiger partial charge in [-0.3, -0.25) is 4.79 Å². The van der Waals surface area contributed by atoms with Gasteiger partial charge in [-0.15, -0.1) is 0 Å². The molecular formula is C20H20N2O3. The smallest absolute Gasteiger partial charge is 0.276 e. The van der Waals surface area contributed by atoms with Crippen LogP contribution >= 0.6 is 0 Å². The van der Waals surface area contributed by atoms with Crippen LogP contribution in [0.2, 0.25) is 0 Å². The minimum Gasteiger partial charge on any atom is -0.457 e. The van der Waals surface area contributed by atoms with Gasteiger partial charge in [0.2, 0.25) is 0 Å². The van der Waals surface area contributed by atoms with Crippen molar-refractivity contribution in [3.05, 3.63) is 78.0 Å². The van der Waals surface area contributed by atoms with Crippen LogP contribution in [0.3, 0.4) is 0 Å². The number of benzene rings is 2. The summed E-state index contributed by atoms with van der Waals surface area (Å²) in [5.74, 6) is 2.02. The van der Waals surface area contributed by atoms with Gasteiger partial charge in [0.25, 0.3) is 5.91 Å². The molecule has 0 fully saturated rings. The van der Waals surface area contributed by atoms with Crippen LogP contribution in [0.1, 0.15) is 28.7 Å². The zero-order valence-corrected chi connectivity index (χ0v) is 14.3. The highest BCUT2D eigenvalue weighted by atomic mass is 16.5. The maximum absolute atomic E-state index is 12.5. The minimum absolute atomic E-state index is 0.143. The Balaban J connectivity index is 1.64. The molecule has 1 heterocycles. The van der Waals surface area contributed by atoms with E-state index in [4.69, 9.17) is 9.15 Å². The van der Waals surface area contributed by atoms with Crippen molar-refractivity contribution in [1.82, 2.24) is 9.88 Å². The molecule has 0 bridgehead atoms. The monoisotopic (exact) mass is 336 g/mol. The number of ether oxygens (including phenoxy) is 1. The fourth-order valence-electron chi connectivity index (χ4n) is 2.51. The summed E-state index contributed by atoms with van der Waals surface area (Å²) < 4.78 is 11.0. The second-order valence-corrected chi connectivity index (χ2v) is 5.70. The van der Waals surface area contributed by atoms with Crippen molar-refractivity contribution < 1.29 is 13.9 Å². The van der Waals surface area contributed by atoms with Gasteiger partial charge in [-0.25, -0.2) is 4.98 Å². The number of rotatable bonds is 6. The molecule has 0 spiro atoms. The number of hydrogen-bond acceptors (Lipinski definition) is 4. The van der Waals surface area contributed by atoms with Crippen LogP contribution in [0, 0.1) is 0 Å².